The molecular weight excluding hydrogens is 797 g/mol. The number of phenols is 1. The van der Waals surface area contributed by atoms with E-state index in [0.717, 1.165) is 16.1 Å². The van der Waals surface area contributed by atoms with Crippen molar-refractivity contribution in [2.45, 2.75) is 31.1 Å². The minimum Gasteiger partial charge on any atom is -0.507 e. The minimum absolute atomic E-state index is 0.0390. The summed E-state index contributed by atoms with van der Waals surface area (Å²) in [6.45, 7) is 1.76. The van der Waals surface area contributed by atoms with Crippen LogP contribution in [0, 0.1) is 36.4 Å². The van der Waals surface area contributed by atoms with Gasteiger partial charge in [-0.05, 0) is 109 Å². The fourth-order valence-electron chi connectivity index (χ4n) is 10.1. The standard InChI is InChI=1S/C49H41ClFN3O7/c1-27-5-4-6-38(44(27)55)43-36-22-23-37-42(47(58)53(45(37)56)34-19-8-28(9-20-34)7-10-29-25-35(60-2)21-24-41(29)61-3)39(36)26-40-46(57)54(52-33-17-15-32(51)16-18-33)48(59)49(40,43)30-11-13-31(50)14-12-30/h4-22,24-25,37,39-40,42-43,52,55H,23,26H2,1-3H3. The van der Waals surface area contributed by atoms with Gasteiger partial charge in [-0.25, -0.2) is 4.39 Å². The van der Waals surface area contributed by atoms with E-state index in [0.29, 0.717) is 50.2 Å². The Morgan fingerprint density at radius 1 is 0.836 bits per heavy atom. The Bertz CT molecular complexity index is 2660. The summed E-state index contributed by atoms with van der Waals surface area (Å²) in [4.78, 5) is 60.7. The van der Waals surface area contributed by atoms with Crippen molar-refractivity contribution in [1.82, 2.24) is 5.01 Å². The summed E-state index contributed by atoms with van der Waals surface area (Å²) in [5, 5.41) is 13.2. The molecule has 4 amide bonds. The molecule has 0 aromatic heterocycles. The maximum absolute atomic E-state index is 15.4. The average Bonchev–Trinajstić information content (AvgIpc) is 3.65. The van der Waals surface area contributed by atoms with E-state index < -0.39 is 52.6 Å². The molecule has 2 aliphatic carbocycles. The highest BCUT2D eigenvalue weighted by Crippen LogP contribution is 2.65. The molecule has 2 aliphatic heterocycles. The summed E-state index contributed by atoms with van der Waals surface area (Å²) in [6, 6.07) is 30.0. The molecule has 0 spiro atoms. The molecule has 5 aromatic carbocycles. The van der Waals surface area contributed by atoms with Gasteiger partial charge in [0.1, 0.15) is 23.1 Å². The molecule has 0 bridgehead atoms. The number of para-hydroxylation sites is 1. The third-order valence-electron chi connectivity index (χ3n) is 12.9. The molecule has 5 aromatic rings. The number of carbonyl (C=O) groups is 4. The molecule has 308 valence electrons. The molecule has 1 saturated carbocycles. The van der Waals surface area contributed by atoms with Gasteiger partial charge in [-0.2, -0.15) is 5.01 Å². The van der Waals surface area contributed by atoms with Crippen LogP contribution in [0.25, 0.3) is 12.2 Å². The highest BCUT2D eigenvalue weighted by atomic mass is 35.5. The van der Waals surface area contributed by atoms with Crippen molar-refractivity contribution in [3.8, 4) is 17.2 Å². The van der Waals surface area contributed by atoms with E-state index in [2.05, 4.69) is 5.43 Å². The lowest BCUT2D eigenvalue weighted by Gasteiger charge is -2.50. The second kappa shape index (κ2) is 15.4. The number of anilines is 2. The molecule has 4 aliphatic rings. The number of aryl methyl sites for hydroxylation is 1. The zero-order chi connectivity index (χ0) is 42.7. The monoisotopic (exact) mass is 837 g/mol. The van der Waals surface area contributed by atoms with E-state index >= 15 is 4.79 Å². The van der Waals surface area contributed by atoms with E-state index in [4.69, 9.17) is 21.1 Å². The van der Waals surface area contributed by atoms with E-state index in [1.54, 1.807) is 75.7 Å². The van der Waals surface area contributed by atoms with Gasteiger partial charge in [-0.3, -0.25) is 29.5 Å². The molecule has 61 heavy (non-hydrogen) atoms. The van der Waals surface area contributed by atoms with Crippen LogP contribution < -0.4 is 19.8 Å². The fraction of sp³-hybridized carbons (Fsp3) is 0.224. The molecule has 2 heterocycles. The number of amides is 4. The van der Waals surface area contributed by atoms with E-state index in [1.807, 2.05) is 48.6 Å². The second-order valence-electron chi connectivity index (χ2n) is 15.9. The number of allylic oxidation sites excluding steroid dienone is 2. The summed E-state index contributed by atoms with van der Waals surface area (Å²) in [5.74, 6) is -5.20. The zero-order valence-electron chi connectivity index (χ0n) is 33.5. The number of benzene rings is 5. The van der Waals surface area contributed by atoms with Crippen LogP contribution >= 0.6 is 11.6 Å². The first-order valence-electron chi connectivity index (χ1n) is 20.0. The number of hydrazine groups is 1. The van der Waals surface area contributed by atoms with Crippen molar-refractivity contribution < 1.29 is 38.1 Å². The number of nitrogens with zero attached hydrogens (tertiary/aromatic N) is 2. The highest BCUT2D eigenvalue weighted by Gasteiger charge is 2.70. The van der Waals surface area contributed by atoms with Crippen molar-refractivity contribution in [3.05, 3.63) is 160 Å². The van der Waals surface area contributed by atoms with Gasteiger partial charge in [-0.1, -0.05) is 77.9 Å². The quantitative estimate of drug-likeness (QED) is 0.0858. The number of ether oxygens (including phenoxy) is 2. The van der Waals surface area contributed by atoms with Gasteiger partial charge >= 0.3 is 0 Å². The molecule has 9 rings (SSSR count). The fourth-order valence-corrected chi connectivity index (χ4v) is 10.2. The SMILES string of the molecule is COc1ccc(OC)c(C=Cc2ccc(N3C(=O)C4CC=C5C(CC6C(=O)N(Nc7ccc(F)cc7)C(=O)C6(c6ccc(Cl)cc6)C5c5cccc(C)c5O)C4C3=O)cc2)c1. The third kappa shape index (κ3) is 6.37. The molecule has 3 fully saturated rings. The average molecular weight is 838 g/mol. The van der Waals surface area contributed by atoms with Crippen LogP contribution in [0.2, 0.25) is 5.02 Å². The maximum Gasteiger partial charge on any atom is 0.260 e. The van der Waals surface area contributed by atoms with Crippen molar-refractivity contribution in [3.63, 3.8) is 0 Å². The third-order valence-corrected chi connectivity index (χ3v) is 13.1. The van der Waals surface area contributed by atoms with Crippen molar-refractivity contribution in [2.75, 3.05) is 24.5 Å². The van der Waals surface area contributed by atoms with Crippen LogP contribution in [0.3, 0.4) is 0 Å². The summed E-state index contributed by atoms with van der Waals surface area (Å²) in [7, 11) is 3.19. The number of nitrogens with one attached hydrogen (secondary N) is 1. The van der Waals surface area contributed by atoms with Crippen molar-refractivity contribution in [1.29, 1.82) is 0 Å². The van der Waals surface area contributed by atoms with Gasteiger partial charge in [0, 0.05) is 22.1 Å². The lowest BCUT2D eigenvalue weighted by atomic mass is 9.49. The number of halogens is 2. The van der Waals surface area contributed by atoms with Gasteiger partial charge < -0.3 is 14.6 Å². The van der Waals surface area contributed by atoms with Crippen LogP contribution in [-0.2, 0) is 24.6 Å². The number of hydrogen-bond acceptors (Lipinski definition) is 8. The molecule has 10 nitrogen and oxygen atoms in total. The van der Waals surface area contributed by atoms with Gasteiger partial charge in [0.15, 0.2) is 0 Å². The van der Waals surface area contributed by atoms with E-state index in [-0.39, 0.29) is 30.4 Å². The van der Waals surface area contributed by atoms with Gasteiger partial charge in [0.25, 0.3) is 11.8 Å². The summed E-state index contributed by atoms with van der Waals surface area (Å²) in [5.41, 5.74) is 5.89. The first kappa shape index (κ1) is 39.7. The Balaban J connectivity index is 1.12. The molecule has 2 saturated heterocycles. The Hall–Kier alpha value is -6.72. The van der Waals surface area contributed by atoms with Crippen LogP contribution in [0.5, 0.6) is 17.2 Å². The van der Waals surface area contributed by atoms with E-state index in [1.165, 1.54) is 29.2 Å². The van der Waals surface area contributed by atoms with Crippen LogP contribution in [0.15, 0.2) is 121 Å². The number of methoxy groups -OCH3 is 2. The van der Waals surface area contributed by atoms with Crippen molar-refractivity contribution in [2.24, 2.45) is 23.7 Å². The smallest absolute Gasteiger partial charge is 0.260 e. The lowest BCUT2D eigenvalue weighted by molar-refractivity contribution is -0.138. The highest BCUT2D eigenvalue weighted by molar-refractivity contribution is 6.30. The summed E-state index contributed by atoms with van der Waals surface area (Å²) in [6.07, 6.45) is 6.01. The van der Waals surface area contributed by atoms with Crippen LogP contribution in [0.4, 0.5) is 15.8 Å². The van der Waals surface area contributed by atoms with Crippen LogP contribution in [-0.4, -0.2) is 48.0 Å². The largest absolute Gasteiger partial charge is 0.507 e. The number of hydrogen-bond donors (Lipinski definition) is 2. The van der Waals surface area contributed by atoms with E-state index in [9.17, 15) is 23.9 Å². The topological polar surface area (TPSA) is 125 Å². The Morgan fingerprint density at radius 3 is 2.28 bits per heavy atom. The molecule has 2 N–H and O–H groups in total. The number of carbonyl (C=O) groups excluding carboxylic acids is 4. The number of phenolic OH excluding ortho intramolecular Hbond substituents is 1. The van der Waals surface area contributed by atoms with Gasteiger partial charge in [0.2, 0.25) is 11.8 Å². The summed E-state index contributed by atoms with van der Waals surface area (Å²) < 4.78 is 24.8. The number of imide groups is 2. The maximum atomic E-state index is 15.4. The minimum atomic E-state index is -1.61. The molecule has 12 heteroatoms. The first-order valence-corrected chi connectivity index (χ1v) is 20.4. The zero-order valence-corrected chi connectivity index (χ0v) is 34.2. The Morgan fingerprint density at radius 2 is 1.57 bits per heavy atom. The predicted molar refractivity (Wildman–Crippen MR) is 229 cm³/mol. The number of aromatic hydroxyl groups is 1. The molecule has 6 atom stereocenters. The predicted octanol–water partition coefficient (Wildman–Crippen LogP) is 8.87. The Labute approximate surface area is 356 Å². The molecular formula is C49H41ClFN3O7. The first-order chi connectivity index (χ1) is 29.5. The Kier molecular flexibility index (Phi) is 10.0. The van der Waals surface area contributed by atoms with Gasteiger partial charge in [-0.15, -0.1) is 0 Å². The molecule has 6 unspecified atom stereocenters. The van der Waals surface area contributed by atoms with Crippen molar-refractivity contribution >= 4 is 58.8 Å². The lowest BCUT2D eigenvalue weighted by Crippen LogP contribution is -2.53. The normalized spacial score (nSPS) is 24.4. The van der Waals surface area contributed by atoms with Crippen LogP contribution in [0.1, 0.15) is 46.6 Å². The second-order valence-corrected chi connectivity index (χ2v) is 16.4. The molecule has 0 radical (unpaired) electrons. The van der Waals surface area contributed by atoms with Gasteiger partial charge in [0.05, 0.1) is 48.8 Å². The number of fused-ring (bicyclic) bond motifs is 4. The summed E-state index contributed by atoms with van der Waals surface area (Å²) >= 11 is 6.40. The number of rotatable bonds is 9.